The topological polar surface area (TPSA) is 90.4 Å². The lowest BCUT2D eigenvalue weighted by molar-refractivity contribution is 0.465. The summed E-state index contributed by atoms with van der Waals surface area (Å²) in [6.45, 7) is 6.90. The van der Waals surface area contributed by atoms with E-state index >= 15 is 0 Å². The van der Waals surface area contributed by atoms with E-state index in [-0.39, 0.29) is 14.7 Å². The fraction of sp³-hybridized carbons (Fsp3) is 0.190. The number of aromatic nitrogens is 1. The molecule has 3 rings (SSSR count). The quantitative estimate of drug-likeness (QED) is 0.569. The van der Waals surface area contributed by atoms with E-state index in [1.165, 1.54) is 24.3 Å². The Bertz CT molecular complexity index is 1260. The molecular formula is C21H21NO5S2. The molecule has 29 heavy (non-hydrogen) atoms. The highest BCUT2D eigenvalue weighted by molar-refractivity contribution is 7.91. The Kier molecular flexibility index (Phi) is 5.51. The van der Waals surface area contributed by atoms with Crippen molar-refractivity contribution in [3.63, 3.8) is 0 Å². The standard InChI is InChI=1S/C21H21NO5S2/c1-14-5-9-18(10-6-14)28(23,24)20-16(3)13-17(4)22-21(20)27-29(25,26)19-11-7-15(2)8-12-19/h5-13H,1-4H3. The zero-order valence-electron chi connectivity index (χ0n) is 16.5. The Labute approximate surface area is 171 Å². The molecule has 2 aromatic carbocycles. The second-order valence-electron chi connectivity index (χ2n) is 6.88. The van der Waals surface area contributed by atoms with Gasteiger partial charge in [0.05, 0.1) is 4.90 Å². The van der Waals surface area contributed by atoms with E-state index in [1.807, 2.05) is 13.8 Å². The molecule has 0 N–H and O–H groups in total. The van der Waals surface area contributed by atoms with Crippen molar-refractivity contribution in [2.45, 2.75) is 42.4 Å². The number of benzene rings is 2. The molecule has 0 radical (unpaired) electrons. The van der Waals surface area contributed by atoms with E-state index in [4.69, 9.17) is 4.18 Å². The van der Waals surface area contributed by atoms with E-state index < -0.39 is 25.8 Å². The highest BCUT2D eigenvalue weighted by atomic mass is 32.2. The van der Waals surface area contributed by atoms with Crippen molar-refractivity contribution in [2.75, 3.05) is 0 Å². The third kappa shape index (κ3) is 4.33. The summed E-state index contributed by atoms with van der Waals surface area (Å²) < 4.78 is 57.2. The molecule has 8 heteroatoms. The normalized spacial score (nSPS) is 12.0. The van der Waals surface area contributed by atoms with Gasteiger partial charge in [0, 0.05) is 5.69 Å². The number of sulfone groups is 1. The minimum absolute atomic E-state index is 0.0365. The maximum Gasteiger partial charge on any atom is 0.340 e. The lowest BCUT2D eigenvalue weighted by Crippen LogP contribution is -2.15. The minimum atomic E-state index is -4.26. The average molecular weight is 432 g/mol. The fourth-order valence-corrected chi connectivity index (χ4v) is 5.34. The second-order valence-corrected chi connectivity index (χ2v) is 10.3. The summed E-state index contributed by atoms with van der Waals surface area (Å²) in [6, 6.07) is 13.9. The van der Waals surface area contributed by atoms with Crippen molar-refractivity contribution in [3.05, 3.63) is 77.0 Å². The van der Waals surface area contributed by atoms with Crippen molar-refractivity contribution in [1.29, 1.82) is 0 Å². The molecular weight excluding hydrogens is 410 g/mol. The zero-order valence-corrected chi connectivity index (χ0v) is 18.1. The van der Waals surface area contributed by atoms with Gasteiger partial charge >= 0.3 is 10.1 Å². The van der Waals surface area contributed by atoms with Gasteiger partial charge in [0.25, 0.3) is 5.88 Å². The van der Waals surface area contributed by atoms with Crippen LogP contribution in [-0.2, 0) is 20.0 Å². The molecule has 0 aliphatic heterocycles. The number of aryl methyl sites for hydroxylation is 4. The average Bonchev–Trinajstić information content (AvgIpc) is 2.61. The van der Waals surface area contributed by atoms with Crippen LogP contribution in [0, 0.1) is 27.7 Å². The Morgan fingerprint density at radius 3 is 1.72 bits per heavy atom. The first-order valence-electron chi connectivity index (χ1n) is 8.82. The molecule has 0 saturated carbocycles. The molecule has 0 saturated heterocycles. The first kappa shape index (κ1) is 21.0. The lowest BCUT2D eigenvalue weighted by Gasteiger charge is -2.14. The first-order valence-corrected chi connectivity index (χ1v) is 11.7. The Morgan fingerprint density at radius 2 is 1.21 bits per heavy atom. The van der Waals surface area contributed by atoms with Gasteiger partial charge in [-0.15, -0.1) is 0 Å². The summed E-state index contributed by atoms with van der Waals surface area (Å²) in [5, 5.41) is 0. The summed E-state index contributed by atoms with van der Waals surface area (Å²) >= 11 is 0. The van der Waals surface area contributed by atoms with Crippen LogP contribution in [0.25, 0.3) is 0 Å². The van der Waals surface area contributed by atoms with Crippen LogP contribution in [0.1, 0.15) is 22.4 Å². The molecule has 0 amide bonds. The van der Waals surface area contributed by atoms with E-state index in [9.17, 15) is 16.8 Å². The second kappa shape index (κ2) is 7.61. The van der Waals surface area contributed by atoms with Crippen LogP contribution in [0.5, 0.6) is 5.88 Å². The molecule has 0 aliphatic carbocycles. The van der Waals surface area contributed by atoms with Gasteiger partial charge in [-0.05, 0) is 63.6 Å². The van der Waals surface area contributed by atoms with Gasteiger partial charge < -0.3 is 4.18 Å². The molecule has 0 bridgehead atoms. The van der Waals surface area contributed by atoms with E-state index in [0.29, 0.717) is 11.3 Å². The van der Waals surface area contributed by atoms with Crippen LogP contribution < -0.4 is 4.18 Å². The van der Waals surface area contributed by atoms with Crippen LogP contribution in [0.3, 0.4) is 0 Å². The largest absolute Gasteiger partial charge is 0.357 e. The monoisotopic (exact) mass is 431 g/mol. The smallest absolute Gasteiger partial charge is 0.340 e. The molecule has 152 valence electrons. The van der Waals surface area contributed by atoms with Crippen molar-refractivity contribution in [3.8, 4) is 5.88 Å². The van der Waals surface area contributed by atoms with Crippen LogP contribution >= 0.6 is 0 Å². The van der Waals surface area contributed by atoms with Gasteiger partial charge in [-0.2, -0.15) is 8.42 Å². The predicted molar refractivity (Wildman–Crippen MR) is 109 cm³/mol. The summed E-state index contributed by atoms with van der Waals surface area (Å²) in [6.07, 6.45) is 0. The summed E-state index contributed by atoms with van der Waals surface area (Å²) in [5.74, 6) is -0.455. The molecule has 6 nitrogen and oxygen atoms in total. The van der Waals surface area contributed by atoms with E-state index in [0.717, 1.165) is 11.1 Å². The highest BCUT2D eigenvalue weighted by Crippen LogP contribution is 2.33. The number of hydrogen-bond acceptors (Lipinski definition) is 6. The Hall–Kier alpha value is -2.71. The number of rotatable bonds is 5. The zero-order chi connectivity index (χ0) is 21.4. The van der Waals surface area contributed by atoms with Gasteiger partial charge in [-0.3, -0.25) is 0 Å². The van der Waals surface area contributed by atoms with Crippen molar-refractivity contribution >= 4 is 20.0 Å². The Balaban J connectivity index is 2.15. The van der Waals surface area contributed by atoms with Gasteiger partial charge in [0.2, 0.25) is 9.84 Å². The Morgan fingerprint density at radius 1 is 0.724 bits per heavy atom. The van der Waals surface area contributed by atoms with Crippen LogP contribution in [0.15, 0.2) is 69.3 Å². The van der Waals surface area contributed by atoms with Gasteiger partial charge in [0.1, 0.15) is 9.79 Å². The van der Waals surface area contributed by atoms with Crippen molar-refractivity contribution in [1.82, 2.24) is 4.98 Å². The maximum absolute atomic E-state index is 13.3. The highest BCUT2D eigenvalue weighted by Gasteiger charge is 2.29. The number of nitrogens with zero attached hydrogens (tertiary/aromatic N) is 1. The number of hydrogen-bond donors (Lipinski definition) is 0. The third-order valence-corrected chi connectivity index (χ3v) is 7.51. The van der Waals surface area contributed by atoms with Gasteiger partial charge in [0.15, 0.2) is 0 Å². The molecule has 0 unspecified atom stereocenters. The molecule has 1 aromatic heterocycles. The number of pyridine rings is 1. The summed E-state index contributed by atoms with van der Waals surface area (Å²) in [4.78, 5) is 3.79. The van der Waals surface area contributed by atoms with Gasteiger partial charge in [-0.25, -0.2) is 13.4 Å². The molecule has 0 fully saturated rings. The summed E-state index contributed by atoms with van der Waals surface area (Å²) in [7, 11) is -8.31. The molecule has 0 atom stereocenters. The molecule has 0 spiro atoms. The van der Waals surface area contributed by atoms with E-state index in [1.54, 1.807) is 44.2 Å². The fourth-order valence-electron chi connectivity index (χ4n) is 2.87. The summed E-state index contributed by atoms with van der Waals surface area (Å²) in [5.41, 5.74) is 2.59. The first-order chi connectivity index (χ1) is 13.5. The minimum Gasteiger partial charge on any atom is -0.357 e. The SMILES string of the molecule is Cc1ccc(S(=O)(=O)Oc2nc(C)cc(C)c2S(=O)(=O)c2ccc(C)cc2)cc1. The predicted octanol–water partition coefficient (Wildman–Crippen LogP) is 3.92. The maximum atomic E-state index is 13.3. The molecule has 1 heterocycles. The van der Waals surface area contributed by atoms with E-state index in [2.05, 4.69) is 4.98 Å². The van der Waals surface area contributed by atoms with Crippen molar-refractivity contribution in [2.24, 2.45) is 0 Å². The molecule has 0 aliphatic rings. The van der Waals surface area contributed by atoms with Crippen LogP contribution in [0.2, 0.25) is 0 Å². The van der Waals surface area contributed by atoms with Gasteiger partial charge in [-0.1, -0.05) is 35.4 Å². The van der Waals surface area contributed by atoms with Crippen LogP contribution in [0.4, 0.5) is 0 Å². The lowest BCUT2D eigenvalue weighted by atomic mass is 10.2. The van der Waals surface area contributed by atoms with Crippen LogP contribution in [-0.4, -0.2) is 21.8 Å². The van der Waals surface area contributed by atoms with Crippen molar-refractivity contribution < 1.29 is 21.0 Å². The third-order valence-electron chi connectivity index (χ3n) is 4.35. The molecule has 3 aromatic rings.